The lowest BCUT2D eigenvalue weighted by Crippen LogP contribution is -2.43. The quantitative estimate of drug-likeness (QED) is 0.355. The number of hydrogen-bond donors (Lipinski definition) is 5. The second-order valence-corrected chi connectivity index (χ2v) is 4.02. The van der Waals surface area contributed by atoms with E-state index in [1.807, 2.05) is 0 Å². The number of nitrogens with two attached hydrogens (primary N) is 1. The average Bonchev–Trinajstić information content (AvgIpc) is 2.49. The Morgan fingerprint density at radius 2 is 1.87 bits per heavy atom. The van der Waals surface area contributed by atoms with Crippen LogP contribution in [0.4, 0.5) is 11.6 Å². The maximum absolute atomic E-state index is 11.8. The molecule has 0 aromatic carbocycles. The van der Waals surface area contributed by atoms with E-state index in [0.29, 0.717) is 0 Å². The van der Waals surface area contributed by atoms with Gasteiger partial charge in [0.25, 0.3) is 5.91 Å². The number of aromatic nitrogens is 2. The van der Waals surface area contributed by atoms with Gasteiger partial charge in [-0.2, -0.15) is 9.59 Å². The number of nitrogens with one attached hydrogen (secondary N) is 4. The lowest BCUT2D eigenvalue weighted by atomic mass is 10.3. The van der Waals surface area contributed by atoms with Crippen LogP contribution in [0, 0.1) is 5.41 Å². The van der Waals surface area contributed by atoms with E-state index < -0.39 is 17.8 Å². The van der Waals surface area contributed by atoms with Crippen LogP contribution in [0.2, 0.25) is 5.15 Å². The van der Waals surface area contributed by atoms with Crippen molar-refractivity contribution >= 4 is 47.2 Å². The van der Waals surface area contributed by atoms with Crippen molar-refractivity contribution < 1.29 is 19.2 Å². The molecule has 1 heterocycles. The third-order valence-corrected chi connectivity index (χ3v) is 2.42. The molecule has 0 fully saturated rings. The fourth-order valence-corrected chi connectivity index (χ4v) is 1.41. The molecule has 1 rings (SSSR count). The van der Waals surface area contributed by atoms with Crippen LogP contribution in [0.25, 0.3) is 0 Å². The zero-order valence-electron chi connectivity index (χ0n) is 12.2. The highest BCUT2D eigenvalue weighted by atomic mass is 35.5. The van der Waals surface area contributed by atoms with Crippen LogP contribution in [0.1, 0.15) is 23.8 Å². The van der Waals surface area contributed by atoms with Crippen LogP contribution in [0.3, 0.4) is 0 Å². The molecule has 0 radical (unpaired) electrons. The number of carbonyl (C=O) groups excluding carboxylic acids is 4. The van der Waals surface area contributed by atoms with Crippen molar-refractivity contribution in [2.45, 2.75) is 13.3 Å². The molecule has 0 saturated heterocycles. The molecule has 23 heavy (non-hydrogen) atoms. The van der Waals surface area contributed by atoms with Gasteiger partial charge in [0.15, 0.2) is 22.5 Å². The van der Waals surface area contributed by atoms with Crippen molar-refractivity contribution in [3.05, 3.63) is 10.8 Å². The van der Waals surface area contributed by atoms with Gasteiger partial charge in [-0.1, -0.05) is 18.5 Å². The second kappa shape index (κ2) is 9.82. The molecule has 0 bridgehead atoms. The minimum Gasteiger partial charge on any atom is -0.382 e. The predicted molar refractivity (Wildman–Crippen MR) is 79.6 cm³/mol. The number of anilines is 2. The average molecular weight is 344 g/mol. The Kier molecular flexibility index (Phi) is 8.52. The smallest absolute Gasteiger partial charge is 0.373 e. The zero-order chi connectivity index (χ0) is 18.0. The normalized spacial score (nSPS) is 8.83. The van der Waals surface area contributed by atoms with Gasteiger partial charge in [-0.3, -0.25) is 25.6 Å². The molecular formula is C11H14ClN7O4. The first-order valence-electron chi connectivity index (χ1n) is 6.00. The molecular weight excluding hydrogens is 330 g/mol. The van der Waals surface area contributed by atoms with Gasteiger partial charge in [0.1, 0.15) is 0 Å². The Hall–Kier alpha value is -3.04. The summed E-state index contributed by atoms with van der Waals surface area (Å²) in [6.45, 7) is 1.62. The van der Waals surface area contributed by atoms with Crippen molar-refractivity contribution in [1.82, 2.24) is 20.6 Å². The number of amides is 2. The number of carbonyl (C=O) groups is 2. The Labute approximate surface area is 135 Å². The summed E-state index contributed by atoms with van der Waals surface area (Å²) in [4.78, 5) is 46.8. The summed E-state index contributed by atoms with van der Waals surface area (Å²) in [5.41, 5.74) is 5.35. The van der Waals surface area contributed by atoms with Crippen LogP contribution in [-0.2, 0) is 14.4 Å². The molecule has 11 nitrogen and oxygen atoms in total. The van der Waals surface area contributed by atoms with E-state index >= 15 is 0 Å². The number of hydrogen-bond acceptors (Lipinski definition) is 9. The fraction of sp³-hybridized carbons (Fsp3) is 0.273. The molecule has 2 amide bonds. The molecule has 0 spiro atoms. The Bertz CT molecular complexity index is 644. The van der Waals surface area contributed by atoms with Gasteiger partial charge in [-0.15, -0.1) is 0 Å². The Balaban J connectivity index is 0.00000149. The van der Waals surface area contributed by atoms with Crippen molar-refractivity contribution in [2.24, 2.45) is 0 Å². The predicted octanol–water partition coefficient (Wildman–Crippen LogP) is -0.639. The number of halogens is 1. The zero-order valence-corrected chi connectivity index (χ0v) is 12.9. The molecule has 0 aliphatic carbocycles. The molecule has 124 valence electrons. The summed E-state index contributed by atoms with van der Waals surface area (Å²) >= 11 is 5.79. The summed E-state index contributed by atoms with van der Waals surface area (Å²) in [7, 11) is 1.57. The minimum atomic E-state index is -0.791. The molecule has 0 atom stereocenters. The molecule has 1 aromatic rings. The molecule has 6 N–H and O–H groups in total. The maximum Gasteiger partial charge on any atom is 0.373 e. The Morgan fingerprint density at radius 3 is 2.35 bits per heavy atom. The van der Waals surface area contributed by atoms with Gasteiger partial charge in [0.05, 0.1) is 0 Å². The van der Waals surface area contributed by atoms with E-state index in [1.165, 1.54) is 0 Å². The van der Waals surface area contributed by atoms with E-state index in [0.717, 1.165) is 0 Å². The topological polar surface area (TPSA) is 180 Å². The van der Waals surface area contributed by atoms with Crippen LogP contribution in [0.15, 0.2) is 0 Å². The van der Waals surface area contributed by atoms with E-state index in [9.17, 15) is 9.59 Å². The standard InChI is InChI=1S/C10H14ClN7O2.CO2/c1-3-4(19)15-10(13)18-9(20)5-7(12)17-8(14-2)6(11)16-5;2-1-3/h3H2,1-2H3,(H3,12,14,17)(H3,13,15,18,19,20);. The molecule has 0 aliphatic heterocycles. The van der Waals surface area contributed by atoms with Crippen molar-refractivity contribution in [1.29, 1.82) is 5.41 Å². The lowest BCUT2D eigenvalue weighted by molar-refractivity contribution is -0.191. The van der Waals surface area contributed by atoms with Gasteiger partial charge in [-0.25, -0.2) is 9.97 Å². The van der Waals surface area contributed by atoms with Crippen LogP contribution in [0.5, 0.6) is 0 Å². The molecule has 12 heteroatoms. The first-order valence-corrected chi connectivity index (χ1v) is 6.38. The number of rotatable bonds is 3. The van der Waals surface area contributed by atoms with Crippen molar-refractivity contribution in [3.8, 4) is 0 Å². The second-order valence-electron chi connectivity index (χ2n) is 3.66. The Morgan fingerprint density at radius 1 is 1.30 bits per heavy atom. The maximum atomic E-state index is 11.8. The first kappa shape index (κ1) is 20.0. The van der Waals surface area contributed by atoms with Crippen LogP contribution >= 0.6 is 11.6 Å². The first-order chi connectivity index (χ1) is 10.8. The summed E-state index contributed by atoms with van der Waals surface area (Å²) < 4.78 is 0. The third kappa shape index (κ3) is 6.50. The van der Waals surface area contributed by atoms with Gasteiger partial charge in [0, 0.05) is 13.5 Å². The monoisotopic (exact) mass is 343 g/mol. The molecule has 1 aromatic heterocycles. The van der Waals surface area contributed by atoms with Gasteiger partial charge in [0.2, 0.25) is 11.9 Å². The van der Waals surface area contributed by atoms with E-state index in [4.69, 9.17) is 32.3 Å². The fourth-order valence-electron chi connectivity index (χ4n) is 1.19. The molecule has 0 unspecified atom stereocenters. The highest BCUT2D eigenvalue weighted by molar-refractivity contribution is 6.32. The summed E-state index contributed by atoms with van der Waals surface area (Å²) in [5.74, 6) is -1.59. The van der Waals surface area contributed by atoms with Gasteiger partial charge in [-0.05, 0) is 0 Å². The summed E-state index contributed by atoms with van der Waals surface area (Å²) in [6.07, 6.45) is 0.433. The van der Waals surface area contributed by atoms with Gasteiger partial charge >= 0.3 is 6.15 Å². The highest BCUT2D eigenvalue weighted by Gasteiger charge is 2.18. The number of guanidine groups is 1. The minimum absolute atomic E-state index is 0.0315. The third-order valence-electron chi connectivity index (χ3n) is 2.16. The van der Waals surface area contributed by atoms with E-state index in [-0.39, 0.29) is 35.1 Å². The van der Waals surface area contributed by atoms with Crippen molar-refractivity contribution in [2.75, 3.05) is 18.1 Å². The van der Waals surface area contributed by atoms with E-state index in [2.05, 4.69) is 25.9 Å². The van der Waals surface area contributed by atoms with Crippen molar-refractivity contribution in [3.63, 3.8) is 0 Å². The number of nitrogen functional groups attached to an aromatic ring is 1. The SMILES string of the molecule is CCC(=O)NC(=N)NC(=O)c1nc(Cl)c(NC)nc1N.O=C=O. The van der Waals surface area contributed by atoms with Gasteiger partial charge < -0.3 is 11.1 Å². The largest absolute Gasteiger partial charge is 0.382 e. The number of nitrogens with zero attached hydrogens (tertiary/aromatic N) is 2. The highest BCUT2D eigenvalue weighted by Crippen LogP contribution is 2.19. The van der Waals surface area contributed by atoms with E-state index in [1.54, 1.807) is 14.0 Å². The summed E-state index contributed by atoms with van der Waals surface area (Å²) in [5, 5.41) is 14.3. The van der Waals surface area contributed by atoms with Crippen LogP contribution in [-0.4, -0.2) is 40.9 Å². The van der Waals surface area contributed by atoms with Crippen LogP contribution < -0.4 is 21.7 Å². The summed E-state index contributed by atoms with van der Waals surface area (Å²) in [6, 6.07) is 0. The molecule has 0 aliphatic rings. The lowest BCUT2D eigenvalue weighted by Gasteiger charge is -2.10. The molecule has 0 saturated carbocycles.